The van der Waals surface area contributed by atoms with Crippen molar-refractivity contribution in [3.63, 3.8) is 0 Å². The third-order valence-corrected chi connectivity index (χ3v) is 30.6. The topological polar surface area (TPSA) is 0 Å². The second-order valence-electron chi connectivity index (χ2n) is 39.4. The van der Waals surface area contributed by atoms with Gasteiger partial charge in [-0.1, -0.05) is 514 Å². The molecule has 0 amide bonds. The molecule has 0 fully saturated rings. The van der Waals surface area contributed by atoms with Crippen molar-refractivity contribution in [2.24, 2.45) is 0 Å². The van der Waals surface area contributed by atoms with E-state index < -0.39 is 0 Å². The van der Waals surface area contributed by atoms with E-state index in [0.29, 0.717) is 0 Å². The van der Waals surface area contributed by atoms with Gasteiger partial charge in [-0.25, -0.2) is 0 Å². The van der Waals surface area contributed by atoms with E-state index in [-0.39, 0.29) is 0 Å². The molecule has 0 spiro atoms. The van der Waals surface area contributed by atoms with Crippen LogP contribution in [0.25, 0.3) is 273 Å². The van der Waals surface area contributed by atoms with Crippen molar-refractivity contribution < 1.29 is 0 Å². The minimum Gasteiger partial charge on any atom is -0.0620 e. The minimum absolute atomic E-state index is 1.26. The highest BCUT2D eigenvalue weighted by Crippen LogP contribution is 2.49. The summed E-state index contributed by atoms with van der Waals surface area (Å²) >= 11 is 0. The molecule has 0 unspecified atom stereocenters. The van der Waals surface area contributed by atoms with Crippen LogP contribution in [0, 0.1) is 34.6 Å². The fraction of sp³-hybridized carbons (Fsp3) is 0.0345. The van der Waals surface area contributed by atoms with E-state index in [9.17, 15) is 0 Å². The van der Waals surface area contributed by atoms with Gasteiger partial charge in [0.1, 0.15) is 0 Å². The average molecular weight is 1840 g/mol. The summed E-state index contributed by atoms with van der Waals surface area (Å²) in [6.07, 6.45) is 0. The molecule has 30 aromatic rings. The lowest BCUT2D eigenvalue weighted by Crippen LogP contribution is -1.90. The maximum atomic E-state index is 2.33. The smallest absolute Gasteiger partial charge is 0.00206 e. The standard InChI is InChI=1S/5C29H20/c1-19-5-2-8-23(17-19)24-9-4-10-25(18-24)26-15-13-22-12-11-20-6-3-7-21-14-16-27(26)29(22)28(20)21;1-19-8-10-20(11-9-19)24-6-3-7-25(18-24)26-16-14-23-13-12-21-4-2-5-22-15-17-27(26)29(23)28(21)22;1-19-6-4-9-23(18-19)24-10-2-3-11-25(24)26-16-14-22-13-12-20-7-5-8-21-15-17-27(26)29(22)28(20)21;1-19-6-2-3-11-25(19)23-9-5-10-24(18-23)26-16-14-22-13-12-20-7-4-8-21-15-17-27(26)29(22)28(20)21;1-19-7-2-3-10-23(19)24-11-4-5-12-25(24)26-17-15-22-14-13-20-8-6-9-21-16-18-27(26)29(22)28(20)21/h5*2-18H,1H3. The van der Waals surface area contributed by atoms with Gasteiger partial charge in [-0.05, 0) is 337 Å². The molecule has 30 rings (SSSR count). The van der Waals surface area contributed by atoms with Crippen LogP contribution < -0.4 is 0 Å². The van der Waals surface area contributed by atoms with E-state index in [0.717, 1.165) is 0 Å². The predicted molar refractivity (Wildman–Crippen MR) is 629 cm³/mol. The molecule has 0 heteroatoms. The van der Waals surface area contributed by atoms with Crippen LogP contribution in [0.4, 0.5) is 0 Å². The van der Waals surface area contributed by atoms with Gasteiger partial charge in [-0.3, -0.25) is 0 Å². The quantitative estimate of drug-likeness (QED) is 0.120. The van der Waals surface area contributed by atoms with E-state index in [1.54, 1.807) is 0 Å². The summed E-state index contributed by atoms with van der Waals surface area (Å²) in [6, 6.07) is 189. The zero-order valence-corrected chi connectivity index (χ0v) is 81.6. The molecule has 0 radical (unpaired) electrons. The number of aryl methyl sites for hydroxylation is 5. The molecule has 0 saturated carbocycles. The highest BCUT2D eigenvalue weighted by atomic mass is 14.3. The molecule has 0 atom stereocenters. The first kappa shape index (κ1) is 87.1. The number of hydrogen-bond acceptors (Lipinski definition) is 0. The Morgan fingerprint density at radius 3 is 0.634 bits per heavy atom. The van der Waals surface area contributed by atoms with Gasteiger partial charge < -0.3 is 0 Å². The molecule has 30 aromatic carbocycles. The predicted octanol–water partition coefficient (Wildman–Crippen LogP) is 41.1. The molecule has 145 heavy (non-hydrogen) atoms. The zero-order chi connectivity index (χ0) is 96.9. The highest BCUT2D eigenvalue weighted by molar-refractivity contribution is 6.31. The van der Waals surface area contributed by atoms with Crippen molar-refractivity contribution >= 4 is 162 Å². The molecule has 0 aliphatic rings. The lowest BCUT2D eigenvalue weighted by molar-refractivity contribution is 1.46. The first-order chi connectivity index (χ1) is 71.4. The Kier molecular flexibility index (Phi) is 21.9. The third kappa shape index (κ3) is 15.7. The monoisotopic (exact) mass is 1840 g/mol. The second kappa shape index (κ2) is 36.5. The van der Waals surface area contributed by atoms with Crippen LogP contribution in [-0.4, -0.2) is 0 Å². The Morgan fingerprint density at radius 1 is 0.0966 bits per heavy atom. The van der Waals surface area contributed by atoms with Gasteiger partial charge in [0.15, 0.2) is 0 Å². The molecular formula is C145H100. The van der Waals surface area contributed by atoms with Gasteiger partial charge in [0.05, 0.1) is 0 Å². The number of hydrogen-bond donors (Lipinski definition) is 0. The Labute approximate surface area is 844 Å². The van der Waals surface area contributed by atoms with Crippen LogP contribution in [0.15, 0.2) is 516 Å². The normalized spacial score (nSPS) is 11.6. The van der Waals surface area contributed by atoms with Crippen molar-refractivity contribution in [2.75, 3.05) is 0 Å². The lowest BCUT2D eigenvalue weighted by atomic mass is 9.87. The molecule has 0 saturated heterocycles. The van der Waals surface area contributed by atoms with Crippen LogP contribution in [0.5, 0.6) is 0 Å². The van der Waals surface area contributed by atoms with E-state index in [2.05, 4.69) is 550 Å². The summed E-state index contributed by atoms with van der Waals surface area (Å²) < 4.78 is 0. The fourth-order valence-corrected chi connectivity index (χ4v) is 23.6. The second-order valence-corrected chi connectivity index (χ2v) is 39.4. The highest BCUT2D eigenvalue weighted by Gasteiger charge is 2.22. The van der Waals surface area contributed by atoms with Gasteiger partial charge in [0.2, 0.25) is 0 Å². The Morgan fingerprint density at radius 2 is 0.303 bits per heavy atom. The largest absolute Gasteiger partial charge is 0.0620 e. The summed E-state index contributed by atoms with van der Waals surface area (Å²) in [7, 11) is 0. The van der Waals surface area contributed by atoms with Crippen LogP contribution >= 0.6 is 0 Å². The molecular weight excluding hydrogens is 1740 g/mol. The molecule has 0 aliphatic carbocycles. The number of rotatable bonds is 10. The van der Waals surface area contributed by atoms with Crippen molar-refractivity contribution in [1.29, 1.82) is 0 Å². The molecule has 680 valence electrons. The lowest BCUT2D eigenvalue weighted by Gasteiger charge is -2.17. The third-order valence-electron chi connectivity index (χ3n) is 30.6. The fourth-order valence-electron chi connectivity index (χ4n) is 23.6. The molecule has 0 N–H and O–H groups in total. The average Bonchev–Trinajstić information content (AvgIpc) is 0.745. The minimum atomic E-state index is 1.26. The van der Waals surface area contributed by atoms with E-state index in [1.165, 1.54) is 301 Å². The summed E-state index contributed by atoms with van der Waals surface area (Å²) in [5.74, 6) is 0. The van der Waals surface area contributed by atoms with Gasteiger partial charge in [0.25, 0.3) is 0 Å². The van der Waals surface area contributed by atoms with Crippen molar-refractivity contribution in [1.82, 2.24) is 0 Å². The van der Waals surface area contributed by atoms with E-state index >= 15 is 0 Å². The molecule has 0 heterocycles. The molecule has 0 bridgehead atoms. The van der Waals surface area contributed by atoms with Gasteiger partial charge in [0, 0.05) is 0 Å². The first-order valence-corrected chi connectivity index (χ1v) is 50.6. The van der Waals surface area contributed by atoms with Crippen LogP contribution in [-0.2, 0) is 0 Å². The van der Waals surface area contributed by atoms with E-state index in [4.69, 9.17) is 0 Å². The Hall–Kier alpha value is -18.2. The number of benzene rings is 30. The SMILES string of the molecule is Cc1ccc(-c2cccc(-c3ccc4ccc5cccc6ccc3c4c56)c2)cc1.Cc1cccc(-c2cccc(-c3ccc4ccc5cccc6ccc3c4c56)c2)c1.Cc1cccc(-c2ccccc2-c2ccc3ccc4cccc5ccc2c3c45)c1.Cc1ccccc1-c1cccc(-c2ccc3ccc4cccc5ccc2c3c45)c1.Cc1ccccc1-c1ccccc1-c1ccc2ccc3cccc4ccc1c2c34. The Bertz CT molecular complexity index is 10100. The van der Waals surface area contributed by atoms with Crippen LogP contribution in [0.2, 0.25) is 0 Å². The first-order valence-electron chi connectivity index (χ1n) is 50.6. The van der Waals surface area contributed by atoms with E-state index in [1.807, 2.05) is 0 Å². The maximum Gasteiger partial charge on any atom is -0.00206 e. The molecule has 0 aliphatic heterocycles. The van der Waals surface area contributed by atoms with Crippen LogP contribution in [0.3, 0.4) is 0 Å². The molecule has 0 nitrogen and oxygen atoms in total. The zero-order valence-electron chi connectivity index (χ0n) is 81.6. The molecule has 0 aromatic heterocycles. The maximum absolute atomic E-state index is 2.33. The summed E-state index contributed by atoms with van der Waals surface area (Å²) in [5, 5.41) is 40.0. The Balaban J connectivity index is 0.0000000923. The summed E-state index contributed by atoms with van der Waals surface area (Å²) in [5.41, 5.74) is 32.1. The van der Waals surface area contributed by atoms with Crippen molar-refractivity contribution in [3.8, 4) is 111 Å². The van der Waals surface area contributed by atoms with Crippen molar-refractivity contribution in [3.05, 3.63) is 543 Å². The van der Waals surface area contributed by atoms with Crippen LogP contribution in [0.1, 0.15) is 27.8 Å². The van der Waals surface area contributed by atoms with Gasteiger partial charge in [-0.15, -0.1) is 0 Å². The summed E-state index contributed by atoms with van der Waals surface area (Å²) in [6.45, 7) is 10.8. The van der Waals surface area contributed by atoms with Gasteiger partial charge in [-0.2, -0.15) is 0 Å². The summed E-state index contributed by atoms with van der Waals surface area (Å²) in [4.78, 5) is 0. The van der Waals surface area contributed by atoms with Gasteiger partial charge >= 0.3 is 0 Å². The van der Waals surface area contributed by atoms with Crippen molar-refractivity contribution in [2.45, 2.75) is 34.6 Å².